The van der Waals surface area contributed by atoms with Crippen LogP contribution in [0.5, 0.6) is 0 Å². The first kappa shape index (κ1) is 23.5. The first-order valence-electron chi connectivity index (χ1n) is 11.2. The van der Waals surface area contributed by atoms with E-state index in [2.05, 4.69) is 11.0 Å². The summed E-state index contributed by atoms with van der Waals surface area (Å²) in [4.78, 5) is 18.0. The number of amides is 1. The first-order chi connectivity index (χ1) is 16.1. The van der Waals surface area contributed by atoms with Gasteiger partial charge in [-0.25, -0.2) is 8.78 Å². The number of aryl methyl sites for hydroxylation is 1. The third-order valence-corrected chi connectivity index (χ3v) is 6.86. The standard InChI is InChI=1S/C26H28F2N2O2S/c27-22-7-3-20(4-8-22)26(21-5-9-23(28)10-6-21)32-18-17-29-13-15-30(16-14-29)25(31)12-11-24-2-1-19-33-24/h1-10,19,26H,11-18H2. The number of carbonyl (C=O) groups is 1. The molecule has 0 atom stereocenters. The van der Waals surface area contributed by atoms with Crippen molar-refractivity contribution < 1.29 is 18.3 Å². The van der Waals surface area contributed by atoms with Gasteiger partial charge in [0, 0.05) is 44.0 Å². The maximum atomic E-state index is 13.4. The molecule has 0 N–H and O–H groups in total. The van der Waals surface area contributed by atoms with Crippen molar-refractivity contribution in [2.75, 3.05) is 39.3 Å². The van der Waals surface area contributed by atoms with E-state index in [-0.39, 0.29) is 17.5 Å². The smallest absolute Gasteiger partial charge is 0.223 e. The van der Waals surface area contributed by atoms with Crippen molar-refractivity contribution in [3.8, 4) is 0 Å². The fourth-order valence-corrected chi connectivity index (χ4v) is 4.73. The molecule has 3 aromatic rings. The average Bonchev–Trinajstić information content (AvgIpc) is 3.36. The molecular formula is C26H28F2N2O2S. The molecule has 4 nitrogen and oxygen atoms in total. The molecule has 174 valence electrons. The zero-order chi connectivity index (χ0) is 23.0. The van der Waals surface area contributed by atoms with Gasteiger partial charge >= 0.3 is 0 Å². The summed E-state index contributed by atoms with van der Waals surface area (Å²) in [5, 5.41) is 2.04. The van der Waals surface area contributed by atoms with E-state index >= 15 is 0 Å². The van der Waals surface area contributed by atoms with Gasteiger partial charge in [-0.1, -0.05) is 30.3 Å². The average molecular weight is 471 g/mol. The number of nitrogens with zero attached hydrogens (tertiary/aromatic N) is 2. The van der Waals surface area contributed by atoms with Crippen molar-refractivity contribution >= 4 is 17.2 Å². The molecule has 1 saturated heterocycles. The molecule has 2 aromatic carbocycles. The SMILES string of the molecule is O=C(CCc1cccs1)N1CCN(CCOC(c2ccc(F)cc2)c2ccc(F)cc2)CC1. The van der Waals surface area contributed by atoms with Gasteiger partial charge in [0.05, 0.1) is 6.61 Å². The molecule has 1 fully saturated rings. The highest BCUT2D eigenvalue weighted by molar-refractivity contribution is 7.09. The normalized spacial score (nSPS) is 14.7. The lowest BCUT2D eigenvalue weighted by Crippen LogP contribution is -2.49. The van der Waals surface area contributed by atoms with Crippen LogP contribution in [-0.4, -0.2) is 55.0 Å². The summed E-state index contributed by atoms with van der Waals surface area (Å²) in [5.41, 5.74) is 1.65. The monoisotopic (exact) mass is 470 g/mol. The second-order valence-corrected chi connectivity index (χ2v) is 9.19. The maximum absolute atomic E-state index is 13.4. The molecule has 0 bridgehead atoms. The zero-order valence-corrected chi connectivity index (χ0v) is 19.3. The predicted molar refractivity (Wildman–Crippen MR) is 126 cm³/mol. The number of carbonyl (C=O) groups excluding carboxylic acids is 1. The molecule has 0 radical (unpaired) electrons. The van der Waals surface area contributed by atoms with E-state index in [0.29, 0.717) is 13.0 Å². The summed E-state index contributed by atoms with van der Waals surface area (Å²) in [5.74, 6) is -0.397. The van der Waals surface area contributed by atoms with E-state index in [1.165, 1.54) is 29.1 Å². The van der Waals surface area contributed by atoms with Crippen LogP contribution in [0, 0.1) is 11.6 Å². The zero-order valence-electron chi connectivity index (χ0n) is 18.5. The van der Waals surface area contributed by atoms with E-state index in [9.17, 15) is 13.6 Å². The van der Waals surface area contributed by atoms with Gasteiger partial charge in [-0.05, 0) is 53.3 Å². The molecule has 1 aliphatic heterocycles. The summed E-state index contributed by atoms with van der Waals surface area (Å²) in [6.07, 6.45) is 0.964. The van der Waals surface area contributed by atoms with Gasteiger partial charge in [0.2, 0.25) is 5.91 Å². The molecule has 0 saturated carbocycles. The molecule has 33 heavy (non-hydrogen) atoms. The van der Waals surface area contributed by atoms with Crippen LogP contribution < -0.4 is 0 Å². The Bertz CT molecular complexity index is 956. The van der Waals surface area contributed by atoms with Gasteiger partial charge in [0.25, 0.3) is 0 Å². The summed E-state index contributed by atoms with van der Waals surface area (Å²) in [7, 11) is 0. The van der Waals surface area contributed by atoms with Crippen molar-refractivity contribution in [2.24, 2.45) is 0 Å². The first-order valence-corrected chi connectivity index (χ1v) is 12.1. The Morgan fingerprint density at radius 2 is 1.52 bits per heavy atom. The van der Waals surface area contributed by atoms with Crippen molar-refractivity contribution in [3.05, 3.63) is 93.7 Å². The number of halogens is 2. The maximum Gasteiger partial charge on any atom is 0.223 e. The highest BCUT2D eigenvalue weighted by Crippen LogP contribution is 2.26. The van der Waals surface area contributed by atoms with E-state index in [1.54, 1.807) is 35.6 Å². The molecule has 1 aromatic heterocycles. The number of hydrogen-bond donors (Lipinski definition) is 0. The summed E-state index contributed by atoms with van der Waals surface area (Å²) in [6, 6.07) is 16.5. The minimum Gasteiger partial charge on any atom is -0.367 e. The third-order valence-electron chi connectivity index (χ3n) is 5.93. The van der Waals surface area contributed by atoms with E-state index in [1.807, 2.05) is 16.3 Å². The number of ether oxygens (including phenoxy) is 1. The van der Waals surface area contributed by atoms with Crippen LogP contribution in [0.3, 0.4) is 0 Å². The van der Waals surface area contributed by atoms with Gasteiger partial charge in [0.15, 0.2) is 0 Å². The topological polar surface area (TPSA) is 32.8 Å². The van der Waals surface area contributed by atoms with Crippen LogP contribution in [-0.2, 0) is 16.0 Å². The number of piperazine rings is 1. The van der Waals surface area contributed by atoms with E-state index in [4.69, 9.17) is 4.74 Å². The largest absolute Gasteiger partial charge is 0.367 e. The Balaban J connectivity index is 1.26. The van der Waals surface area contributed by atoms with Gasteiger partial charge in [0.1, 0.15) is 17.7 Å². The number of benzene rings is 2. The molecule has 2 heterocycles. The molecule has 1 aliphatic rings. The van der Waals surface area contributed by atoms with E-state index < -0.39 is 6.10 Å². The van der Waals surface area contributed by atoms with Gasteiger partial charge in [-0.3, -0.25) is 9.69 Å². The summed E-state index contributed by atoms with van der Waals surface area (Å²) >= 11 is 1.69. The van der Waals surface area contributed by atoms with Crippen LogP contribution >= 0.6 is 11.3 Å². The van der Waals surface area contributed by atoms with Crippen molar-refractivity contribution in [1.82, 2.24) is 9.80 Å². The highest BCUT2D eigenvalue weighted by Gasteiger charge is 2.22. The van der Waals surface area contributed by atoms with Gasteiger partial charge in [-0.2, -0.15) is 0 Å². The molecular weight excluding hydrogens is 442 g/mol. The van der Waals surface area contributed by atoms with Crippen molar-refractivity contribution in [2.45, 2.75) is 18.9 Å². The summed E-state index contributed by atoms with van der Waals surface area (Å²) < 4.78 is 33.0. The Morgan fingerprint density at radius 1 is 0.909 bits per heavy atom. The Morgan fingerprint density at radius 3 is 2.06 bits per heavy atom. The van der Waals surface area contributed by atoms with Gasteiger partial charge in [-0.15, -0.1) is 11.3 Å². The fraction of sp³-hybridized carbons (Fsp3) is 0.346. The Hall–Kier alpha value is -2.61. The lowest BCUT2D eigenvalue weighted by molar-refractivity contribution is -0.133. The van der Waals surface area contributed by atoms with Crippen LogP contribution in [0.15, 0.2) is 66.0 Å². The van der Waals surface area contributed by atoms with Crippen LogP contribution in [0.1, 0.15) is 28.5 Å². The minimum absolute atomic E-state index is 0.215. The van der Waals surface area contributed by atoms with Crippen LogP contribution in [0.2, 0.25) is 0 Å². The molecule has 4 rings (SSSR count). The molecule has 0 spiro atoms. The van der Waals surface area contributed by atoms with Crippen molar-refractivity contribution in [1.29, 1.82) is 0 Å². The highest BCUT2D eigenvalue weighted by atomic mass is 32.1. The lowest BCUT2D eigenvalue weighted by Gasteiger charge is -2.35. The summed E-state index contributed by atoms with van der Waals surface area (Å²) in [6.45, 7) is 4.28. The van der Waals surface area contributed by atoms with Gasteiger partial charge < -0.3 is 9.64 Å². The second kappa shape index (κ2) is 11.5. The molecule has 0 aliphatic carbocycles. The second-order valence-electron chi connectivity index (χ2n) is 8.16. The quantitative estimate of drug-likeness (QED) is 0.446. The predicted octanol–water partition coefficient (Wildman–Crippen LogP) is 4.91. The number of thiophene rings is 1. The number of hydrogen-bond acceptors (Lipinski definition) is 4. The van der Waals surface area contributed by atoms with E-state index in [0.717, 1.165) is 50.3 Å². The lowest BCUT2D eigenvalue weighted by atomic mass is 10.0. The molecule has 1 amide bonds. The molecule has 7 heteroatoms. The minimum atomic E-state index is -0.397. The fourth-order valence-electron chi connectivity index (χ4n) is 4.02. The Kier molecular flexibility index (Phi) is 8.20. The third kappa shape index (κ3) is 6.69. The number of rotatable bonds is 9. The van der Waals surface area contributed by atoms with Crippen LogP contribution in [0.4, 0.5) is 8.78 Å². The Labute approximate surface area is 197 Å². The van der Waals surface area contributed by atoms with Crippen molar-refractivity contribution in [3.63, 3.8) is 0 Å². The van der Waals surface area contributed by atoms with Crippen LogP contribution in [0.25, 0.3) is 0 Å². The molecule has 0 unspecified atom stereocenters.